The van der Waals surface area contributed by atoms with Crippen molar-refractivity contribution in [2.75, 3.05) is 0 Å². The van der Waals surface area contributed by atoms with Gasteiger partial charge in [-0.1, -0.05) is 29.8 Å². The molecule has 0 radical (unpaired) electrons. The Morgan fingerprint density at radius 2 is 2.00 bits per heavy atom. The molecule has 2 rings (SSSR count). The molecule has 19 heavy (non-hydrogen) atoms. The van der Waals surface area contributed by atoms with Crippen LogP contribution >= 0.6 is 11.3 Å². The number of benzene rings is 1. The molecule has 0 fully saturated rings. The first kappa shape index (κ1) is 13.2. The summed E-state index contributed by atoms with van der Waals surface area (Å²) in [7, 11) is 0. The molecule has 98 valence electrons. The highest BCUT2D eigenvalue weighted by atomic mass is 32.1. The molecular formula is C13H12N2O3S. The van der Waals surface area contributed by atoms with Crippen LogP contribution in [0, 0.1) is 6.92 Å². The van der Waals surface area contributed by atoms with Crippen LogP contribution in [0.15, 0.2) is 29.6 Å². The minimum absolute atomic E-state index is 0.106. The van der Waals surface area contributed by atoms with Crippen LogP contribution in [0.4, 0.5) is 0 Å². The Labute approximate surface area is 113 Å². The Morgan fingerprint density at radius 3 is 2.58 bits per heavy atom. The van der Waals surface area contributed by atoms with Gasteiger partial charge in [0.1, 0.15) is 0 Å². The van der Waals surface area contributed by atoms with E-state index >= 15 is 0 Å². The molecule has 2 N–H and O–H groups in total. The molecule has 1 heterocycles. The predicted molar refractivity (Wildman–Crippen MR) is 71.4 cm³/mol. The molecule has 1 aromatic heterocycles. The molecule has 0 aliphatic heterocycles. The van der Waals surface area contributed by atoms with Crippen LogP contribution in [0.5, 0.6) is 0 Å². The molecule has 0 unspecified atom stereocenters. The third-order valence-electron chi connectivity index (χ3n) is 2.49. The van der Waals surface area contributed by atoms with Gasteiger partial charge in [-0.15, -0.1) is 11.3 Å². The number of carboxylic acid groups (broad SMARTS) is 1. The first-order valence-corrected chi connectivity index (χ1v) is 6.47. The van der Waals surface area contributed by atoms with Gasteiger partial charge in [0.2, 0.25) is 0 Å². The molecule has 2 aromatic rings. The lowest BCUT2D eigenvalue weighted by atomic mass is 10.1. The molecule has 1 aromatic carbocycles. The fourth-order valence-electron chi connectivity index (χ4n) is 1.44. The Balaban J connectivity index is 1.97. The second kappa shape index (κ2) is 5.62. The van der Waals surface area contributed by atoms with Crippen LogP contribution in [0.25, 0.3) is 0 Å². The summed E-state index contributed by atoms with van der Waals surface area (Å²) in [6.07, 6.45) is 0. The first-order valence-electron chi connectivity index (χ1n) is 5.59. The van der Waals surface area contributed by atoms with E-state index in [1.807, 2.05) is 31.2 Å². The topological polar surface area (TPSA) is 79.3 Å². The van der Waals surface area contributed by atoms with Crippen molar-refractivity contribution in [2.24, 2.45) is 0 Å². The van der Waals surface area contributed by atoms with Crippen molar-refractivity contribution < 1.29 is 14.7 Å². The lowest BCUT2D eigenvalue weighted by Crippen LogP contribution is -2.22. The standard InChI is InChI=1S/C13H12N2O3S/c1-8-2-4-9(5-3-8)6-14-11(16)12-15-10(7-19-12)13(17)18/h2-5,7H,6H2,1H3,(H,14,16)(H,17,18). The van der Waals surface area contributed by atoms with Crippen molar-refractivity contribution in [3.05, 3.63) is 51.5 Å². The summed E-state index contributed by atoms with van der Waals surface area (Å²) in [5.74, 6) is -1.49. The number of carbonyl (C=O) groups is 2. The van der Waals surface area contributed by atoms with E-state index in [4.69, 9.17) is 5.11 Å². The average Bonchev–Trinajstić information content (AvgIpc) is 2.87. The Kier molecular flexibility index (Phi) is 3.91. The Bertz CT molecular complexity index is 605. The summed E-state index contributed by atoms with van der Waals surface area (Å²) in [6, 6.07) is 7.79. The number of amides is 1. The van der Waals surface area contributed by atoms with Gasteiger partial charge in [-0.05, 0) is 12.5 Å². The summed E-state index contributed by atoms with van der Waals surface area (Å²) in [5.41, 5.74) is 2.03. The third-order valence-corrected chi connectivity index (χ3v) is 3.33. The van der Waals surface area contributed by atoms with Gasteiger partial charge in [-0.25, -0.2) is 9.78 Å². The maximum Gasteiger partial charge on any atom is 0.355 e. The van der Waals surface area contributed by atoms with Crippen molar-refractivity contribution >= 4 is 23.2 Å². The van der Waals surface area contributed by atoms with E-state index in [0.29, 0.717) is 6.54 Å². The summed E-state index contributed by atoms with van der Waals surface area (Å²) >= 11 is 1.02. The van der Waals surface area contributed by atoms with Crippen LogP contribution < -0.4 is 5.32 Å². The predicted octanol–water partition coefficient (Wildman–Crippen LogP) is 2.08. The zero-order chi connectivity index (χ0) is 13.8. The second-order valence-electron chi connectivity index (χ2n) is 4.01. The number of carboxylic acids is 1. The minimum atomic E-state index is -1.13. The highest BCUT2D eigenvalue weighted by Gasteiger charge is 2.14. The molecule has 0 aliphatic carbocycles. The Hall–Kier alpha value is -2.21. The molecule has 1 amide bonds. The summed E-state index contributed by atoms with van der Waals surface area (Å²) in [4.78, 5) is 26.2. The number of thiazole rings is 1. The molecule has 0 saturated heterocycles. The molecule has 0 saturated carbocycles. The van der Waals surface area contributed by atoms with Gasteiger partial charge in [0.15, 0.2) is 10.7 Å². The van der Waals surface area contributed by atoms with Crippen LogP contribution in [0.3, 0.4) is 0 Å². The van der Waals surface area contributed by atoms with Gasteiger partial charge in [0.05, 0.1) is 0 Å². The van der Waals surface area contributed by atoms with E-state index < -0.39 is 5.97 Å². The van der Waals surface area contributed by atoms with Gasteiger partial charge in [-0.2, -0.15) is 0 Å². The van der Waals surface area contributed by atoms with E-state index in [2.05, 4.69) is 10.3 Å². The molecule has 0 aliphatic rings. The molecule has 0 bridgehead atoms. The number of aryl methyl sites for hydroxylation is 1. The van der Waals surface area contributed by atoms with Gasteiger partial charge in [-0.3, -0.25) is 4.79 Å². The highest BCUT2D eigenvalue weighted by Crippen LogP contribution is 2.10. The number of aromatic carboxylic acids is 1. The van der Waals surface area contributed by atoms with Crippen molar-refractivity contribution in [3.8, 4) is 0 Å². The van der Waals surface area contributed by atoms with Crippen LogP contribution in [0.2, 0.25) is 0 Å². The number of aromatic nitrogens is 1. The zero-order valence-electron chi connectivity index (χ0n) is 10.2. The van der Waals surface area contributed by atoms with Gasteiger partial charge in [0.25, 0.3) is 5.91 Å². The van der Waals surface area contributed by atoms with E-state index in [1.165, 1.54) is 5.38 Å². The maximum atomic E-state index is 11.8. The first-order chi connectivity index (χ1) is 9.06. The van der Waals surface area contributed by atoms with Gasteiger partial charge < -0.3 is 10.4 Å². The van der Waals surface area contributed by atoms with Crippen LogP contribution in [0.1, 0.15) is 31.4 Å². The smallest absolute Gasteiger partial charge is 0.355 e. The largest absolute Gasteiger partial charge is 0.476 e. The number of rotatable bonds is 4. The number of hydrogen-bond donors (Lipinski definition) is 2. The molecular weight excluding hydrogens is 264 g/mol. The van der Waals surface area contributed by atoms with E-state index in [0.717, 1.165) is 22.5 Å². The number of hydrogen-bond acceptors (Lipinski definition) is 4. The molecule has 0 spiro atoms. The van der Waals surface area contributed by atoms with Crippen LogP contribution in [-0.4, -0.2) is 22.0 Å². The number of carbonyl (C=O) groups excluding carboxylic acids is 1. The maximum absolute atomic E-state index is 11.8. The summed E-state index contributed by atoms with van der Waals surface area (Å²) < 4.78 is 0. The highest BCUT2D eigenvalue weighted by molar-refractivity contribution is 7.11. The lowest BCUT2D eigenvalue weighted by molar-refractivity contribution is 0.0691. The van der Waals surface area contributed by atoms with E-state index in [9.17, 15) is 9.59 Å². The van der Waals surface area contributed by atoms with Crippen molar-refractivity contribution in [3.63, 3.8) is 0 Å². The van der Waals surface area contributed by atoms with Crippen molar-refractivity contribution in [1.29, 1.82) is 0 Å². The fraction of sp³-hybridized carbons (Fsp3) is 0.154. The molecule has 6 heteroatoms. The fourth-order valence-corrected chi connectivity index (χ4v) is 2.15. The average molecular weight is 276 g/mol. The van der Waals surface area contributed by atoms with Crippen molar-refractivity contribution in [1.82, 2.24) is 10.3 Å². The Morgan fingerprint density at radius 1 is 1.32 bits per heavy atom. The quantitative estimate of drug-likeness (QED) is 0.896. The number of nitrogens with one attached hydrogen (secondary N) is 1. The normalized spacial score (nSPS) is 10.2. The van der Waals surface area contributed by atoms with Crippen molar-refractivity contribution in [2.45, 2.75) is 13.5 Å². The second-order valence-corrected chi connectivity index (χ2v) is 4.87. The number of nitrogens with zero attached hydrogens (tertiary/aromatic N) is 1. The summed E-state index contributed by atoms with van der Waals surface area (Å²) in [6.45, 7) is 2.38. The van der Waals surface area contributed by atoms with E-state index in [1.54, 1.807) is 0 Å². The lowest BCUT2D eigenvalue weighted by Gasteiger charge is -2.03. The van der Waals surface area contributed by atoms with Gasteiger partial charge >= 0.3 is 5.97 Å². The molecule has 0 atom stereocenters. The van der Waals surface area contributed by atoms with Crippen LogP contribution in [-0.2, 0) is 6.54 Å². The summed E-state index contributed by atoms with van der Waals surface area (Å²) in [5, 5.41) is 12.9. The minimum Gasteiger partial charge on any atom is -0.476 e. The van der Waals surface area contributed by atoms with Gasteiger partial charge in [0, 0.05) is 11.9 Å². The van der Waals surface area contributed by atoms with E-state index in [-0.39, 0.29) is 16.6 Å². The zero-order valence-corrected chi connectivity index (χ0v) is 11.0. The molecule has 5 nitrogen and oxygen atoms in total. The third kappa shape index (κ3) is 3.38. The SMILES string of the molecule is Cc1ccc(CNC(=O)c2nc(C(=O)O)cs2)cc1. The monoisotopic (exact) mass is 276 g/mol.